The van der Waals surface area contributed by atoms with Gasteiger partial charge in [-0.2, -0.15) is 0 Å². The lowest BCUT2D eigenvalue weighted by Crippen LogP contribution is -3.00. The van der Waals surface area contributed by atoms with Crippen LogP contribution in [-0.2, 0) is 22.7 Å². The first-order valence-corrected chi connectivity index (χ1v) is 9.00. The first kappa shape index (κ1) is 22.5. The summed E-state index contributed by atoms with van der Waals surface area (Å²) in [5.41, 5.74) is 3.45. The second-order valence-corrected chi connectivity index (χ2v) is 6.51. The molecule has 0 saturated heterocycles. The Kier molecular flexibility index (Phi) is 8.33. The lowest BCUT2D eigenvalue weighted by atomic mass is 10.1. The quantitative estimate of drug-likeness (QED) is 0.370. The topological polar surface area (TPSA) is 66.7 Å². The molecule has 0 aliphatic carbocycles. The maximum Gasteiger partial charge on any atom is 0.404 e. The molecule has 1 N–H and O–H groups in total. The molecule has 0 spiro atoms. The SMILES string of the molecule is Cc1cc(C)c(C(=O)OCc2ccccc2)c(C(=O)OCc2ccccc2)[nH+]1.[I-]. The first-order chi connectivity index (χ1) is 13.5. The van der Waals surface area contributed by atoms with E-state index >= 15 is 0 Å². The molecule has 0 aliphatic heterocycles. The van der Waals surface area contributed by atoms with Crippen LogP contribution in [0.1, 0.15) is 43.2 Å². The molecule has 0 radical (unpaired) electrons. The number of rotatable bonds is 6. The predicted molar refractivity (Wildman–Crippen MR) is 104 cm³/mol. The summed E-state index contributed by atoms with van der Waals surface area (Å²) in [4.78, 5) is 28.3. The van der Waals surface area contributed by atoms with E-state index in [2.05, 4.69) is 4.98 Å². The number of carbonyl (C=O) groups is 2. The molecule has 6 heteroatoms. The number of ether oxygens (including phenoxy) is 2. The van der Waals surface area contributed by atoms with Gasteiger partial charge in [-0.3, -0.25) is 0 Å². The average molecular weight is 503 g/mol. The number of hydrogen-bond acceptors (Lipinski definition) is 4. The van der Waals surface area contributed by atoms with Crippen LogP contribution in [0, 0.1) is 13.8 Å². The Balaban J connectivity index is 0.00000300. The van der Waals surface area contributed by atoms with E-state index in [4.69, 9.17) is 9.47 Å². The summed E-state index contributed by atoms with van der Waals surface area (Å²) in [6.07, 6.45) is 0. The maximum atomic E-state index is 12.7. The number of carbonyl (C=O) groups excluding carboxylic acids is 2. The molecule has 5 nitrogen and oxygen atoms in total. The molecular weight excluding hydrogens is 481 g/mol. The van der Waals surface area contributed by atoms with Crippen molar-refractivity contribution in [1.82, 2.24) is 0 Å². The highest BCUT2D eigenvalue weighted by atomic mass is 127. The van der Waals surface area contributed by atoms with Gasteiger partial charge in [0.15, 0.2) is 5.69 Å². The fraction of sp³-hybridized carbons (Fsp3) is 0.174. The number of esters is 2. The van der Waals surface area contributed by atoms with Crippen LogP contribution in [-0.4, -0.2) is 11.9 Å². The minimum Gasteiger partial charge on any atom is -1.00 e. The molecule has 0 bridgehead atoms. The number of H-pyrrole nitrogens is 1. The van der Waals surface area contributed by atoms with Crippen LogP contribution >= 0.6 is 0 Å². The number of aromatic nitrogens is 1. The third kappa shape index (κ3) is 6.12. The number of hydrogen-bond donors (Lipinski definition) is 0. The van der Waals surface area contributed by atoms with Crippen molar-refractivity contribution in [1.29, 1.82) is 0 Å². The Bertz CT molecular complexity index is 975. The van der Waals surface area contributed by atoms with Gasteiger partial charge in [0.2, 0.25) is 0 Å². The number of halogens is 1. The van der Waals surface area contributed by atoms with Gasteiger partial charge >= 0.3 is 17.6 Å². The van der Waals surface area contributed by atoms with Crippen molar-refractivity contribution in [3.05, 3.63) is 100 Å². The summed E-state index contributed by atoms with van der Waals surface area (Å²) < 4.78 is 10.8. The molecule has 0 fully saturated rings. The number of aromatic amines is 1. The number of pyridine rings is 1. The Hall–Kier alpha value is -2.74. The Labute approximate surface area is 187 Å². The largest absolute Gasteiger partial charge is 1.00 e. The van der Waals surface area contributed by atoms with E-state index < -0.39 is 11.9 Å². The summed E-state index contributed by atoms with van der Waals surface area (Å²) in [6.45, 7) is 3.85. The smallest absolute Gasteiger partial charge is 0.404 e. The van der Waals surface area contributed by atoms with E-state index in [1.807, 2.05) is 67.6 Å². The third-order valence-electron chi connectivity index (χ3n) is 4.23. The Morgan fingerprint density at radius 3 is 1.79 bits per heavy atom. The summed E-state index contributed by atoms with van der Waals surface area (Å²) in [5, 5.41) is 0. The number of benzene rings is 2. The van der Waals surface area contributed by atoms with E-state index in [1.54, 1.807) is 13.0 Å². The minimum atomic E-state index is -0.595. The molecule has 0 amide bonds. The maximum absolute atomic E-state index is 12.7. The second kappa shape index (κ2) is 10.7. The van der Waals surface area contributed by atoms with Crippen molar-refractivity contribution in [2.75, 3.05) is 0 Å². The number of aryl methyl sites for hydroxylation is 2. The lowest BCUT2D eigenvalue weighted by molar-refractivity contribution is -0.393. The molecule has 3 aromatic rings. The average Bonchev–Trinajstić information content (AvgIpc) is 2.71. The van der Waals surface area contributed by atoms with Gasteiger partial charge < -0.3 is 33.5 Å². The highest BCUT2D eigenvalue weighted by Gasteiger charge is 2.29. The Morgan fingerprint density at radius 2 is 1.28 bits per heavy atom. The standard InChI is InChI=1S/C23H21NO4.HI/c1-16-13-17(2)24-21(23(26)28-15-19-11-7-4-8-12-19)20(16)22(25)27-14-18-9-5-3-6-10-18;/h3-13H,14-15H2,1-2H3;1H. The van der Waals surface area contributed by atoms with Crippen LogP contribution in [0.25, 0.3) is 0 Å². The normalized spacial score (nSPS) is 10.0. The van der Waals surface area contributed by atoms with E-state index in [0.29, 0.717) is 5.56 Å². The molecule has 3 rings (SSSR count). The van der Waals surface area contributed by atoms with Crippen molar-refractivity contribution in [3.63, 3.8) is 0 Å². The van der Waals surface area contributed by atoms with E-state index in [1.165, 1.54) is 0 Å². The highest BCUT2D eigenvalue weighted by Crippen LogP contribution is 2.16. The number of nitrogens with one attached hydrogen (secondary N) is 1. The van der Waals surface area contributed by atoms with Gasteiger partial charge in [0, 0.05) is 13.0 Å². The zero-order valence-corrected chi connectivity index (χ0v) is 18.4. The fourth-order valence-electron chi connectivity index (χ4n) is 2.90. The molecule has 0 aliphatic rings. The van der Waals surface area contributed by atoms with Crippen LogP contribution in [0.5, 0.6) is 0 Å². The summed E-state index contributed by atoms with van der Waals surface area (Å²) in [5.74, 6) is -1.16. The van der Waals surface area contributed by atoms with Gasteiger partial charge in [-0.15, -0.1) is 0 Å². The van der Waals surface area contributed by atoms with Crippen LogP contribution in [0.3, 0.4) is 0 Å². The van der Waals surface area contributed by atoms with Crippen LogP contribution in [0.2, 0.25) is 0 Å². The van der Waals surface area contributed by atoms with Crippen LogP contribution in [0.4, 0.5) is 0 Å². The molecule has 2 aromatic carbocycles. The third-order valence-corrected chi connectivity index (χ3v) is 4.23. The minimum absolute atomic E-state index is 0. The molecular formula is C23H22INO4. The molecule has 0 saturated carbocycles. The van der Waals surface area contributed by atoms with Crippen molar-refractivity contribution >= 4 is 11.9 Å². The van der Waals surface area contributed by atoms with Gasteiger partial charge in [-0.1, -0.05) is 60.7 Å². The summed E-state index contributed by atoms with van der Waals surface area (Å²) in [7, 11) is 0. The molecule has 1 heterocycles. The van der Waals surface area contributed by atoms with Gasteiger partial charge in [0.1, 0.15) is 18.8 Å². The summed E-state index contributed by atoms with van der Waals surface area (Å²) in [6, 6.07) is 20.6. The molecule has 29 heavy (non-hydrogen) atoms. The van der Waals surface area contributed by atoms with Gasteiger partial charge in [0.05, 0.1) is 0 Å². The van der Waals surface area contributed by atoms with Gasteiger partial charge in [0.25, 0.3) is 0 Å². The monoisotopic (exact) mass is 503 g/mol. The molecule has 150 valence electrons. The zero-order valence-electron chi connectivity index (χ0n) is 16.3. The fourth-order valence-corrected chi connectivity index (χ4v) is 2.90. The molecule has 0 unspecified atom stereocenters. The highest BCUT2D eigenvalue weighted by molar-refractivity contribution is 6.01. The van der Waals surface area contributed by atoms with Crippen molar-refractivity contribution < 1.29 is 48.0 Å². The molecule has 1 aromatic heterocycles. The van der Waals surface area contributed by atoms with Crippen molar-refractivity contribution in [2.24, 2.45) is 0 Å². The van der Waals surface area contributed by atoms with Crippen LogP contribution in [0.15, 0.2) is 66.7 Å². The zero-order chi connectivity index (χ0) is 19.9. The summed E-state index contributed by atoms with van der Waals surface area (Å²) >= 11 is 0. The lowest BCUT2D eigenvalue weighted by Gasteiger charge is -2.09. The predicted octanol–water partition coefficient (Wildman–Crippen LogP) is 0.836. The van der Waals surface area contributed by atoms with Gasteiger partial charge in [-0.25, -0.2) is 14.6 Å². The second-order valence-electron chi connectivity index (χ2n) is 6.51. The first-order valence-electron chi connectivity index (χ1n) is 9.00. The van der Waals surface area contributed by atoms with E-state index in [0.717, 1.165) is 16.8 Å². The Morgan fingerprint density at radius 1 is 0.793 bits per heavy atom. The van der Waals surface area contributed by atoms with Crippen molar-refractivity contribution in [2.45, 2.75) is 27.1 Å². The van der Waals surface area contributed by atoms with Gasteiger partial charge in [-0.05, 0) is 23.6 Å². The molecule has 0 atom stereocenters. The van der Waals surface area contributed by atoms with E-state index in [-0.39, 0.29) is 48.4 Å². The van der Waals surface area contributed by atoms with Crippen molar-refractivity contribution in [3.8, 4) is 0 Å². The van der Waals surface area contributed by atoms with E-state index in [9.17, 15) is 9.59 Å². The van der Waals surface area contributed by atoms with Crippen LogP contribution < -0.4 is 29.0 Å².